The number of rotatable bonds is 2. The number of carbonyl (C=O) groups excluding carboxylic acids is 1. The molecule has 0 heterocycles. The number of hydrogen-bond donors (Lipinski definition) is 2. The molecule has 3 rings (SSSR count). The van der Waals surface area contributed by atoms with Gasteiger partial charge in [-0.05, 0) is 48.5 Å². The number of carbonyl (C=O) groups is 1. The molecular weight excluding hydrogens is 276 g/mol. The van der Waals surface area contributed by atoms with Gasteiger partial charge in [0, 0.05) is 11.8 Å². The van der Waals surface area contributed by atoms with Gasteiger partial charge >= 0.3 is 0 Å². The van der Waals surface area contributed by atoms with Crippen LogP contribution in [-0.2, 0) is 4.79 Å². The van der Waals surface area contributed by atoms with Gasteiger partial charge in [0.1, 0.15) is 0 Å². The van der Waals surface area contributed by atoms with Gasteiger partial charge in [-0.1, -0.05) is 31.2 Å². The highest BCUT2D eigenvalue weighted by Gasteiger charge is 2.54. The fraction of sp³-hybridized carbons (Fsp3) is 0.632. The largest absolute Gasteiger partial charge is 0.395 e. The molecule has 5 atom stereocenters. The van der Waals surface area contributed by atoms with E-state index in [2.05, 4.69) is 20.1 Å². The zero-order valence-electron chi connectivity index (χ0n) is 13.3. The predicted octanol–water partition coefficient (Wildman–Crippen LogP) is 2.79. The normalized spacial score (nSPS) is 44.9. The van der Waals surface area contributed by atoms with Gasteiger partial charge in [-0.3, -0.25) is 4.79 Å². The summed E-state index contributed by atoms with van der Waals surface area (Å²) in [6, 6.07) is 0. The number of aliphatic hydroxyl groups excluding tert-OH is 2. The van der Waals surface area contributed by atoms with Crippen molar-refractivity contribution in [1.82, 2.24) is 0 Å². The highest BCUT2D eigenvalue weighted by Crippen LogP contribution is 2.59. The highest BCUT2D eigenvalue weighted by molar-refractivity contribution is 5.98. The molecule has 2 fully saturated rings. The van der Waals surface area contributed by atoms with Gasteiger partial charge in [-0.25, -0.2) is 0 Å². The second-order valence-corrected chi connectivity index (χ2v) is 7.69. The first-order valence-corrected chi connectivity index (χ1v) is 8.21. The van der Waals surface area contributed by atoms with E-state index in [0.29, 0.717) is 12.8 Å². The van der Waals surface area contributed by atoms with E-state index in [1.54, 1.807) is 6.08 Å². The monoisotopic (exact) mass is 302 g/mol. The SMILES string of the molecule is C=C[C@]1(CO)C=C2C(=O)C[C@H]3C(=C)C[C@H](O)C[C@]3(C)[C@H]2CC1. The average molecular weight is 302 g/mol. The zero-order chi connectivity index (χ0) is 16.1. The summed E-state index contributed by atoms with van der Waals surface area (Å²) >= 11 is 0. The minimum absolute atomic E-state index is 0.00449. The summed E-state index contributed by atoms with van der Waals surface area (Å²) in [6.45, 7) is 10.2. The van der Waals surface area contributed by atoms with Crippen LogP contribution in [0.1, 0.15) is 39.0 Å². The minimum Gasteiger partial charge on any atom is -0.395 e. The minimum atomic E-state index is -0.463. The van der Waals surface area contributed by atoms with Gasteiger partial charge in [0.25, 0.3) is 0 Å². The summed E-state index contributed by atoms with van der Waals surface area (Å²) in [4.78, 5) is 12.7. The van der Waals surface area contributed by atoms with Crippen LogP contribution in [0.25, 0.3) is 0 Å². The maximum absolute atomic E-state index is 12.7. The third kappa shape index (κ3) is 2.14. The van der Waals surface area contributed by atoms with Gasteiger partial charge in [-0.15, -0.1) is 6.58 Å². The Bertz CT molecular complexity index is 561. The lowest BCUT2D eigenvalue weighted by molar-refractivity contribution is -0.124. The highest BCUT2D eigenvalue weighted by atomic mass is 16.3. The van der Waals surface area contributed by atoms with Gasteiger partial charge in [-0.2, -0.15) is 0 Å². The number of fused-ring (bicyclic) bond motifs is 3. The van der Waals surface area contributed by atoms with E-state index in [-0.39, 0.29) is 35.7 Å². The lowest BCUT2D eigenvalue weighted by atomic mass is 9.49. The van der Waals surface area contributed by atoms with Gasteiger partial charge in [0.15, 0.2) is 5.78 Å². The molecule has 3 nitrogen and oxygen atoms in total. The van der Waals surface area contributed by atoms with Crippen LogP contribution < -0.4 is 0 Å². The van der Waals surface area contributed by atoms with Crippen molar-refractivity contribution in [3.8, 4) is 0 Å². The number of Topliss-reactive ketones (excluding diaryl/α,β-unsaturated/α-hetero) is 1. The van der Waals surface area contributed by atoms with Crippen molar-refractivity contribution < 1.29 is 15.0 Å². The maximum Gasteiger partial charge on any atom is 0.159 e. The van der Waals surface area contributed by atoms with E-state index in [0.717, 1.165) is 30.4 Å². The molecule has 22 heavy (non-hydrogen) atoms. The third-order valence-electron chi connectivity index (χ3n) is 6.39. The van der Waals surface area contributed by atoms with Crippen molar-refractivity contribution in [2.24, 2.45) is 22.7 Å². The summed E-state index contributed by atoms with van der Waals surface area (Å²) in [5, 5.41) is 19.9. The number of allylic oxidation sites excluding steroid dienone is 1. The Morgan fingerprint density at radius 1 is 1.41 bits per heavy atom. The Hall–Kier alpha value is -1.19. The van der Waals surface area contributed by atoms with Crippen LogP contribution in [0.4, 0.5) is 0 Å². The zero-order valence-corrected chi connectivity index (χ0v) is 13.3. The topological polar surface area (TPSA) is 57.5 Å². The summed E-state index contributed by atoms with van der Waals surface area (Å²) < 4.78 is 0. The molecule has 120 valence electrons. The van der Waals surface area contributed by atoms with E-state index < -0.39 is 5.41 Å². The smallest absolute Gasteiger partial charge is 0.159 e. The van der Waals surface area contributed by atoms with E-state index in [1.165, 1.54) is 0 Å². The molecule has 0 unspecified atom stereocenters. The van der Waals surface area contributed by atoms with Crippen molar-refractivity contribution in [2.75, 3.05) is 6.61 Å². The Balaban J connectivity index is 2.04. The molecule has 0 aliphatic heterocycles. The third-order valence-corrected chi connectivity index (χ3v) is 6.39. The summed E-state index contributed by atoms with van der Waals surface area (Å²) in [6.07, 6.45) is 6.87. The molecular formula is C19H26O3. The number of hydrogen-bond acceptors (Lipinski definition) is 3. The van der Waals surface area contributed by atoms with Crippen molar-refractivity contribution in [2.45, 2.75) is 45.1 Å². The summed E-state index contributed by atoms with van der Waals surface area (Å²) in [5.41, 5.74) is 1.31. The van der Waals surface area contributed by atoms with Crippen LogP contribution in [0.15, 0.2) is 36.5 Å². The van der Waals surface area contributed by atoms with Crippen LogP contribution in [0, 0.1) is 22.7 Å². The molecule has 0 bridgehead atoms. The van der Waals surface area contributed by atoms with E-state index in [4.69, 9.17) is 0 Å². The first-order valence-electron chi connectivity index (χ1n) is 8.21. The number of aliphatic hydroxyl groups is 2. The van der Waals surface area contributed by atoms with Crippen LogP contribution in [-0.4, -0.2) is 28.7 Å². The van der Waals surface area contributed by atoms with E-state index in [9.17, 15) is 15.0 Å². The van der Waals surface area contributed by atoms with E-state index >= 15 is 0 Å². The van der Waals surface area contributed by atoms with Gasteiger partial charge < -0.3 is 10.2 Å². The van der Waals surface area contributed by atoms with Crippen molar-refractivity contribution >= 4 is 5.78 Å². The molecule has 0 aromatic rings. The summed E-state index contributed by atoms with van der Waals surface area (Å²) in [7, 11) is 0. The number of ketones is 1. The fourth-order valence-corrected chi connectivity index (χ4v) is 5.06. The second-order valence-electron chi connectivity index (χ2n) is 7.69. The quantitative estimate of drug-likeness (QED) is 0.771. The van der Waals surface area contributed by atoms with Gasteiger partial charge in [0.2, 0.25) is 0 Å². The van der Waals surface area contributed by atoms with Crippen LogP contribution >= 0.6 is 0 Å². The second kappa shape index (κ2) is 5.17. The summed E-state index contributed by atoms with van der Waals surface area (Å²) in [5.74, 6) is 0.519. The predicted molar refractivity (Wildman–Crippen MR) is 86.1 cm³/mol. The van der Waals surface area contributed by atoms with Crippen LogP contribution in [0.2, 0.25) is 0 Å². The van der Waals surface area contributed by atoms with Crippen LogP contribution in [0.3, 0.4) is 0 Å². The van der Waals surface area contributed by atoms with Crippen molar-refractivity contribution in [1.29, 1.82) is 0 Å². The molecule has 3 aliphatic rings. The Morgan fingerprint density at radius 2 is 2.14 bits per heavy atom. The van der Waals surface area contributed by atoms with Gasteiger partial charge in [0.05, 0.1) is 12.7 Å². The van der Waals surface area contributed by atoms with Crippen LogP contribution in [0.5, 0.6) is 0 Å². The molecule has 0 amide bonds. The molecule has 0 spiro atoms. The molecule has 0 aromatic carbocycles. The first kappa shape index (κ1) is 15.7. The Morgan fingerprint density at radius 3 is 2.77 bits per heavy atom. The van der Waals surface area contributed by atoms with Crippen molar-refractivity contribution in [3.05, 3.63) is 36.5 Å². The molecule has 0 saturated heterocycles. The van der Waals surface area contributed by atoms with Crippen molar-refractivity contribution in [3.63, 3.8) is 0 Å². The Kier molecular flexibility index (Phi) is 3.69. The Labute approximate surface area is 132 Å². The van der Waals surface area contributed by atoms with E-state index in [1.807, 2.05) is 6.08 Å². The lowest BCUT2D eigenvalue weighted by Crippen LogP contribution is -2.51. The molecule has 3 heteroatoms. The molecule has 0 aromatic heterocycles. The lowest BCUT2D eigenvalue weighted by Gasteiger charge is -2.55. The standard InChI is InChI=1S/C19H26O3/c1-4-19(11-20)6-5-15-14(10-19)17(22)8-16-12(2)7-13(21)9-18(15,16)3/h4,10,13,15-16,20-21H,1-2,5-9,11H2,3H3/t13-,15-,16-,18+,19+/m0/s1. The first-order chi connectivity index (χ1) is 10.3. The average Bonchev–Trinajstić information content (AvgIpc) is 2.49. The maximum atomic E-state index is 12.7. The molecule has 0 radical (unpaired) electrons. The fourth-order valence-electron chi connectivity index (χ4n) is 5.06. The molecule has 3 aliphatic carbocycles. The molecule has 2 N–H and O–H groups in total. The molecule has 2 saturated carbocycles.